The SMILES string of the molecule is Cl.Cl.NCCNc1nccc(N2CCc3ccccc32)n1. The normalized spacial score (nSPS) is 12.1. The van der Waals surface area contributed by atoms with Gasteiger partial charge in [-0.15, -0.1) is 24.8 Å². The van der Waals surface area contributed by atoms with Gasteiger partial charge in [-0.1, -0.05) is 18.2 Å². The lowest BCUT2D eigenvalue weighted by atomic mass is 10.2. The summed E-state index contributed by atoms with van der Waals surface area (Å²) in [6.45, 7) is 2.22. The number of nitrogens with two attached hydrogens (primary N) is 1. The number of nitrogens with one attached hydrogen (secondary N) is 1. The first kappa shape index (κ1) is 17.5. The van der Waals surface area contributed by atoms with Crippen molar-refractivity contribution < 1.29 is 0 Å². The fourth-order valence-corrected chi connectivity index (χ4v) is 2.34. The highest BCUT2D eigenvalue weighted by Gasteiger charge is 2.20. The summed E-state index contributed by atoms with van der Waals surface area (Å²) in [6.07, 6.45) is 2.84. The number of aromatic nitrogens is 2. The maximum Gasteiger partial charge on any atom is 0.224 e. The summed E-state index contributed by atoms with van der Waals surface area (Å²) in [4.78, 5) is 11.0. The number of nitrogens with zero attached hydrogens (tertiary/aromatic N) is 3. The van der Waals surface area contributed by atoms with Crippen molar-refractivity contribution in [2.75, 3.05) is 29.9 Å². The van der Waals surface area contributed by atoms with Crippen LogP contribution >= 0.6 is 24.8 Å². The van der Waals surface area contributed by atoms with Crippen LogP contribution in [-0.4, -0.2) is 29.6 Å². The van der Waals surface area contributed by atoms with Crippen LogP contribution in [0, 0.1) is 0 Å². The van der Waals surface area contributed by atoms with Gasteiger partial charge >= 0.3 is 0 Å². The molecule has 1 aromatic carbocycles. The van der Waals surface area contributed by atoms with Gasteiger partial charge in [0.1, 0.15) is 5.82 Å². The Morgan fingerprint density at radius 2 is 2.00 bits per heavy atom. The van der Waals surface area contributed by atoms with Crippen LogP contribution in [0.25, 0.3) is 0 Å². The van der Waals surface area contributed by atoms with Gasteiger partial charge in [0, 0.05) is 31.5 Å². The Morgan fingerprint density at radius 1 is 1.19 bits per heavy atom. The fraction of sp³-hybridized carbons (Fsp3) is 0.286. The number of para-hydroxylation sites is 1. The number of hydrogen-bond donors (Lipinski definition) is 2. The molecule has 0 saturated carbocycles. The Morgan fingerprint density at radius 3 is 2.81 bits per heavy atom. The lowest BCUT2D eigenvalue weighted by molar-refractivity contribution is 0.949. The number of fused-ring (bicyclic) bond motifs is 1. The topological polar surface area (TPSA) is 67.1 Å². The van der Waals surface area contributed by atoms with Crippen molar-refractivity contribution in [3.05, 3.63) is 42.1 Å². The Labute approximate surface area is 136 Å². The standard InChI is InChI=1S/C14H17N5.2ClH/c15-7-9-17-14-16-8-5-13(18-14)19-10-6-11-3-1-2-4-12(11)19;;/h1-5,8H,6-7,9-10,15H2,(H,16,17,18);2*1H. The van der Waals surface area contributed by atoms with Crippen molar-refractivity contribution in [2.24, 2.45) is 5.73 Å². The number of anilines is 3. The summed E-state index contributed by atoms with van der Waals surface area (Å²) in [5.74, 6) is 1.56. The van der Waals surface area contributed by atoms with Crippen molar-refractivity contribution >= 4 is 42.3 Å². The van der Waals surface area contributed by atoms with Crippen LogP contribution in [0.4, 0.5) is 17.5 Å². The minimum atomic E-state index is 0. The first-order valence-electron chi connectivity index (χ1n) is 6.51. The fourth-order valence-electron chi connectivity index (χ4n) is 2.34. The molecule has 0 atom stereocenters. The third-order valence-electron chi connectivity index (χ3n) is 3.23. The van der Waals surface area contributed by atoms with Gasteiger partial charge in [0.2, 0.25) is 5.95 Å². The summed E-state index contributed by atoms with van der Waals surface area (Å²) < 4.78 is 0. The van der Waals surface area contributed by atoms with Crippen LogP contribution in [0.5, 0.6) is 0 Å². The number of hydrogen-bond acceptors (Lipinski definition) is 5. The molecule has 21 heavy (non-hydrogen) atoms. The highest BCUT2D eigenvalue weighted by atomic mass is 35.5. The first-order chi connectivity index (χ1) is 9.38. The summed E-state index contributed by atoms with van der Waals surface area (Å²) >= 11 is 0. The molecule has 5 nitrogen and oxygen atoms in total. The average molecular weight is 328 g/mol. The van der Waals surface area contributed by atoms with Gasteiger partial charge in [0.15, 0.2) is 0 Å². The van der Waals surface area contributed by atoms with E-state index >= 15 is 0 Å². The molecule has 1 aliphatic heterocycles. The van der Waals surface area contributed by atoms with E-state index in [-0.39, 0.29) is 24.8 Å². The summed E-state index contributed by atoms with van der Waals surface area (Å²) in [7, 11) is 0. The second-order valence-corrected chi connectivity index (χ2v) is 4.48. The second kappa shape index (κ2) is 8.02. The molecule has 114 valence electrons. The van der Waals surface area contributed by atoms with Crippen molar-refractivity contribution in [1.82, 2.24) is 9.97 Å². The van der Waals surface area contributed by atoms with Gasteiger partial charge in [0.05, 0.1) is 0 Å². The maximum atomic E-state index is 5.47. The molecule has 0 fully saturated rings. The van der Waals surface area contributed by atoms with E-state index in [1.165, 1.54) is 11.3 Å². The predicted octanol–water partition coefficient (Wildman–Crippen LogP) is 2.39. The van der Waals surface area contributed by atoms with Crippen LogP contribution in [0.2, 0.25) is 0 Å². The van der Waals surface area contributed by atoms with Gasteiger partial charge in [-0.2, -0.15) is 4.98 Å². The zero-order chi connectivity index (χ0) is 13.1. The Kier molecular flexibility index (Phi) is 6.68. The highest BCUT2D eigenvalue weighted by molar-refractivity contribution is 5.85. The van der Waals surface area contributed by atoms with E-state index in [1.54, 1.807) is 6.20 Å². The van der Waals surface area contributed by atoms with Crippen LogP contribution in [0.1, 0.15) is 5.56 Å². The third kappa shape index (κ3) is 3.75. The second-order valence-electron chi connectivity index (χ2n) is 4.48. The van der Waals surface area contributed by atoms with E-state index in [4.69, 9.17) is 5.73 Å². The van der Waals surface area contributed by atoms with E-state index in [0.29, 0.717) is 19.0 Å². The molecular formula is C14H19Cl2N5. The maximum absolute atomic E-state index is 5.47. The molecule has 0 spiro atoms. The lowest BCUT2D eigenvalue weighted by Gasteiger charge is -2.18. The molecule has 2 aromatic rings. The van der Waals surface area contributed by atoms with E-state index in [9.17, 15) is 0 Å². The minimum Gasteiger partial charge on any atom is -0.353 e. The monoisotopic (exact) mass is 327 g/mol. The van der Waals surface area contributed by atoms with Crippen molar-refractivity contribution in [3.8, 4) is 0 Å². The Hall–Kier alpha value is -1.56. The van der Waals surface area contributed by atoms with Crippen LogP contribution in [0.15, 0.2) is 36.5 Å². The minimum absolute atomic E-state index is 0. The number of halogens is 2. The molecule has 0 saturated heterocycles. The van der Waals surface area contributed by atoms with Crippen LogP contribution in [-0.2, 0) is 6.42 Å². The average Bonchev–Trinajstić information content (AvgIpc) is 2.89. The summed E-state index contributed by atoms with van der Waals surface area (Å²) in [5.41, 5.74) is 8.09. The molecule has 3 N–H and O–H groups in total. The van der Waals surface area contributed by atoms with Gasteiger partial charge in [0.25, 0.3) is 0 Å². The van der Waals surface area contributed by atoms with Gasteiger partial charge in [-0.25, -0.2) is 4.98 Å². The predicted molar refractivity (Wildman–Crippen MR) is 91.2 cm³/mol. The molecule has 2 heterocycles. The van der Waals surface area contributed by atoms with Gasteiger partial charge in [-0.05, 0) is 24.1 Å². The number of rotatable bonds is 4. The summed E-state index contributed by atoms with van der Waals surface area (Å²) in [5, 5.41) is 3.11. The van der Waals surface area contributed by atoms with Crippen molar-refractivity contribution in [1.29, 1.82) is 0 Å². The summed E-state index contributed by atoms with van der Waals surface area (Å²) in [6, 6.07) is 10.4. The molecule has 0 aliphatic carbocycles. The molecule has 0 bridgehead atoms. The van der Waals surface area contributed by atoms with Crippen LogP contribution in [0.3, 0.4) is 0 Å². The van der Waals surface area contributed by atoms with Gasteiger partial charge in [-0.3, -0.25) is 0 Å². The molecule has 0 radical (unpaired) electrons. The molecule has 3 rings (SSSR count). The van der Waals surface area contributed by atoms with Crippen molar-refractivity contribution in [3.63, 3.8) is 0 Å². The highest BCUT2D eigenvalue weighted by Crippen LogP contribution is 2.33. The van der Waals surface area contributed by atoms with E-state index in [0.717, 1.165) is 18.8 Å². The Balaban J connectivity index is 0.00000110. The molecular weight excluding hydrogens is 309 g/mol. The third-order valence-corrected chi connectivity index (χ3v) is 3.23. The molecule has 0 unspecified atom stereocenters. The first-order valence-corrected chi connectivity index (χ1v) is 6.51. The molecule has 7 heteroatoms. The van der Waals surface area contributed by atoms with E-state index in [2.05, 4.69) is 44.5 Å². The molecule has 1 aliphatic rings. The van der Waals surface area contributed by atoms with Crippen LogP contribution < -0.4 is 16.0 Å². The lowest BCUT2D eigenvalue weighted by Crippen LogP contribution is -2.18. The molecule has 0 amide bonds. The quantitative estimate of drug-likeness (QED) is 0.902. The molecule has 1 aromatic heterocycles. The largest absolute Gasteiger partial charge is 0.353 e. The smallest absolute Gasteiger partial charge is 0.224 e. The zero-order valence-electron chi connectivity index (χ0n) is 11.5. The number of benzene rings is 1. The van der Waals surface area contributed by atoms with Crippen molar-refractivity contribution in [2.45, 2.75) is 6.42 Å². The van der Waals surface area contributed by atoms with E-state index < -0.39 is 0 Å². The van der Waals surface area contributed by atoms with E-state index in [1.807, 2.05) is 6.07 Å². The zero-order valence-corrected chi connectivity index (χ0v) is 13.2. The Bertz CT molecular complexity index is 579. The van der Waals surface area contributed by atoms with Gasteiger partial charge < -0.3 is 16.0 Å².